The standard InChI is InChI=1S/C14H12ClF2NO/c15-11-5-2-6-12(17)14(11)18-8-13(19)9-3-1-4-10(16)7-9/h1-7,13,18-19H,8H2. The molecule has 0 aliphatic heterocycles. The molecule has 0 saturated carbocycles. The Hall–Kier alpha value is -1.65. The van der Waals surface area contributed by atoms with Gasteiger partial charge >= 0.3 is 0 Å². The predicted molar refractivity (Wildman–Crippen MR) is 71.3 cm³/mol. The van der Waals surface area contributed by atoms with Crippen molar-refractivity contribution in [3.05, 3.63) is 64.7 Å². The number of hydrogen-bond acceptors (Lipinski definition) is 2. The van der Waals surface area contributed by atoms with Crippen molar-refractivity contribution in [3.8, 4) is 0 Å². The molecule has 0 spiro atoms. The molecule has 0 radical (unpaired) electrons. The predicted octanol–water partition coefficient (Wildman–Crippen LogP) is 3.76. The highest BCUT2D eigenvalue weighted by molar-refractivity contribution is 6.33. The normalized spacial score (nSPS) is 12.2. The molecule has 5 heteroatoms. The summed E-state index contributed by atoms with van der Waals surface area (Å²) in [5, 5.41) is 12.8. The van der Waals surface area contributed by atoms with Crippen LogP contribution in [0.15, 0.2) is 42.5 Å². The summed E-state index contributed by atoms with van der Waals surface area (Å²) in [6.45, 7) is 0.0319. The van der Waals surface area contributed by atoms with E-state index in [0.717, 1.165) is 0 Å². The smallest absolute Gasteiger partial charge is 0.147 e. The molecular weight excluding hydrogens is 272 g/mol. The van der Waals surface area contributed by atoms with E-state index in [-0.39, 0.29) is 17.3 Å². The first-order chi connectivity index (χ1) is 9.08. The number of para-hydroxylation sites is 1. The zero-order valence-corrected chi connectivity index (χ0v) is 10.7. The van der Waals surface area contributed by atoms with E-state index in [1.54, 1.807) is 12.1 Å². The highest BCUT2D eigenvalue weighted by Gasteiger charge is 2.11. The van der Waals surface area contributed by atoms with Crippen LogP contribution in [-0.4, -0.2) is 11.7 Å². The summed E-state index contributed by atoms with van der Waals surface area (Å²) in [6.07, 6.45) is -0.952. The lowest BCUT2D eigenvalue weighted by atomic mass is 10.1. The molecule has 2 nitrogen and oxygen atoms in total. The Morgan fingerprint density at radius 3 is 2.58 bits per heavy atom. The van der Waals surface area contributed by atoms with E-state index in [1.807, 2.05) is 0 Å². The van der Waals surface area contributed by atoms with Crippen LogP contribution in [-0.2, 0) is 0 Å². The number of halogens is 3. The molecule has 100 valence electrons. The summed E-state index contributed by atoms with van der Waals surface area (Å²) in [5.41, 5.74) is 0.541. The summed E-state index contributed by atoms with van der Waals surface area (Å²) >= 11 is 5.84. The molecule has 0 aromatic heterocycles. The summed E-state index contributed by atoms with van der Waals surface area (Å²) < 4.78 is 26.5. The second-order valence-electron chi connectivity index (χ2n) is 4.05. The van der Waals surface area contributed by atoms with E-state index in [1.165, 1.54) is 30.3 Å². The third kappa shape index (κ3) is 3.43. The minimum atomic E-state index is -0.952. The van der Waals surface area contributed by atoms with Crippen LogP contribution in [0, 0.1) is 11.6 Å². The second-order valence-corrected chi connectivity index (χ2v) is 4.46. The minimum Gasteiger partial charge on any atom is -0.387 e. The van der Waals surface area contributed by atoms with Crippen molar-refractivity contribution in [2.24, 2.45) is 0 Å². The summed E-state index contributed by atoms with van der Waals surface area (Å²) in [5.74, 6) is -0.931. The van der Waals surface area contributed by atoms with Crippen LogP contribution < -0.4 is 5.32 Å². The fraction of sp³-hybridized carbons (Fsp3) is 0.143. The van der Waals surface area contributed by atoms with Crippen LogP contribution in [0.25, 0.3) is 0 Å². The Bertz CT molecular complexity index is 557. The number of benzene rings is 2. The molecule has 0 aliphatic carbocycles. The average molecular weight is 284 g/mol. The Morgan fingerprint density at radius 2 is 1.89 bits per heavy atom. The van der Waals surface area contributed by atoms with Crippen molar-refractivity contribution < 1.29 is 13.9 Å². The molecule has 1 unspecified atom stereocenters. The number of aliphatic hydroxyl groups is 1. The fourth-order valence-corrected chi connectivity index (χ4v) is 1.93. The van der Waals surface area contributed by atoms with Gasteiger partial charge in [-0.2, -0.15) is 0 Å². The first-order valence-electron chi connectivity index (χ1n) is 5.69. The van der Waals surface area contributed by atoms with Gasteiger partial charge in [-0.3, -0.25) is 0 Å². The van der Waals surface area contributed by atoms with Crippen molar-refractivity contribution in [2.45, 2.75) is 6.10 Å². The van der Waals surface area contributed by atoms with E-state index in [2.05, 4.69) is 5.32 Å². The van der Waals surface area contributed by atoms with Gasteiger partial charge in [-0.25, -0.2) is 8.78 Å². The molecule has 2 aromatic carbocycles. The highest BCUT2D eigenvalue weighted by Crippen LogP contribution is 2.25. The van der Waals surface area contributed by atoms with Gasteiger partial charge in [-0.1, -0.05) is 29.8 Å². The monoisotopic (exact) mass is 283 g/mol. The van der Waals surface area contributed by atoms with Gasteiger partial charge in [-0.05, 0) is 29.8 Å². The van der Waals surface area contributed by atoms with Crippen molar-refractivity contribution in [2.75, 3.05) is 11.9 Å². The van der Waals surface area contributed by atoms with Crippen LogP contribution in [0.1, 0.15) is 11.7 Å². The number of nitrogens with one attached hydrogen (secondary N) is 1. The molecule has 19 heavy (non-hydrogen) atoms. The van der Waals surface area contributed by atoms with Gasteiger partial charge in [0.1, 0.15) is 11.6 Å². The molecule has 0 bridgehead atoms. The van der Waals surface area contributed by atoms with Gasteiger partial charge in [0.15, 0.2) is 0 Å². The van der Waals surface area contributed by atoms with Crippen LogP contribution >= 0.6 is 11.6 Å². The lowest BCUT2D eigenvalue weighted by Gasteiger charge is -2.14. The molecule has 0 amide bonds. The molecule has 1 atom stereocenters. The van der Waals surface area contributed by atoms with Crippen LogP contribution in [0.5, 0.6) is 0 Å². The minimum absolute atomic E-state index is 0.0319. The summed E-state index contributed by atoms with van der Waals surface area (Å²) in [6, 6.07) is 9.92. The Labute approximate surface area is 114 Å². The topological polar surface area (TPSA) is 32.3 Å². The van der Waals surface area contributed by atoms with Gasteiger partial charge in [0.05, 0.1) is 16.8 Å². The van der Waals surface area contributed by atoms with Gasteiger partial charge in [0.2, 0.25) is 0 Å². The molecule has 0 heterocycles. The zero-order valence-electron chi connectivity index (χ0n) is 9.91. The fourth-order valence-electron chi connectivity index (χ4n) is 1.70. The van der Waals surface area contributed by atoms with Crippen LogP contribution in [0.3, 0.4) is 0 Å². The number of rotatable bonds is 4. The van der Waals surface area contributed by atoms with E-state index < -0.39 is 17.7 Å². The van der Waals surface area contributed by atoms with E-state index >= 15 is 0 Å². The average Bonchev–Trinajstić information content (AvgIpc) is 2.38. The lowest BCUT2D eigenvalue weighted by molar-refractivity contribution is 0.191. The first-order valence-corrected chi connectivity index (χ1v) is 6.07. The maximum absolute atomic E-state index is 13.5. The van der Waals surface area contributed by atoms with Gasteiger partial charge in [0.25, 0.3) is 0 Å². The number of anilines is 1. The zero-order chi connectivity index (χ0) is 13.8. The summed E-state index contributed by atoms with van der Waals surface area (Å²) in [7, 11) is 0. The number of hydrogen-bond donors (Lipinski definition) is 2. The third-order valence-electron chi connectivity index (χ3n) is 2.67. The second kappa shape index (κ2) is 5.99. The first kappa shape index (κ1) is 13.8. The summed E-state index contributed by atoms with van der Waals surface area (Å²) in [4.78, 5) is 0. The maximum atomic E-state index is 13.5. The van der Waals surface area contributed by atoms with Crippen molar-refractivity contribution >= 4 is 17.3 Å². The molecule has 2 N–H and O–H groups in total. The molecule has 0 aliphatic rings. The Balaban J connectivity index is 2.06. The Kier molecular flexibility index (Phi) is 4.35. The number of aliphatic hydroxyl groups excluding tert-OH is 1. The van der Waals surface area contributed by atoms with Crippen LogP contribution in [0.4, 0.5) is 14.5 Å². The van der Waals surface area contributed by atoms with E-state index in [0.29, 0.717) is 5.56 Å². The maximum Gasteiger partial charge on any atom is 0.147 e. The van der Waals surface area contributed by atoms with E-state index in [4.69, 9.17) is 11.6 Å². The Morgan fingerprint density at radius 1 is 1.16 bits per heavy atom. The third-order valence-corrected chi connectivity index (χ3v) is 2.98. The van der Waals surface area contributed by atoms with Gasteiger partial charge in [0, 0.05) is 6.54 Å². The van der Waals surface area contributed by atoms with Crippen molar-refractivity contribution in [1.82, 2.24) is 0 Å². The van der Waals surface area contributed by atoms with Crippen molar-refractivity contribution in [3.63, 3.8) is 0 Å². The largest absolute Gasteiger partial charge is 0.387 e. The van der Waals surface area contributed by atoms with E-state index in [9.17, 15) is 13.9 Å². The quantitative estimate of drug-likeness (QED) is 0.895. The van der Waals surface area contributed by atoms with Crippen LogP contribution in [0.2, 0.25) is 5.02 Å². The molecule has 2 aromatic rings. The van der Waals surface area contributed by atoms with Gasteiger partial charge < -0.3 is 10.4 Å². The molecular formula is C14H12ClF2NO. The van der Waals surface area contributed by atoms with Gasteiger partial charge in [-0.15, -0.1) is 0 Å². The molecule has 2 rings (SSSR count). The molecule has 0 fully saturated rings. The highest BCUT2D eigenvalue weighted by atomic mass is 35.5. The molecule has 0 saturated heterocycles. The van der Waals surface area contributed by atoms with Crippen molar-refractivity contribution in [1.29, 1.82) is 0 Å². The SMILES string of the molecule is OC(CNc1c(F)cccc1Cl)c1cccc(F)c1. The lowest BCUT2D eigenvalue weighted by Crippen LogP contribution is -2.13.